The predicted molar refractivity (Wildman–Crippen MR) is 99.6 cm³/mol. The third-order valence-corrected chi connectivity index (χ3v) is 5.60. The largest absolute Gasteiger partial charge is 0.484 e. The zero-order chi connectivity index (χ0) is 17.4. The van der Waals surface area contributed by atoms with Crippen LogP contribution in [0.1, 0.15) is 16.9 Å². The molecule has 2 N–H and O–H groups in total. The molecule has 0 aliphatic heterocycles. The molecule has 1 aliphatic carbocycles. The van der Waals surface area contributed by atoms with Gasteiger partial charge in [-0.25, -0.2) is 0 Å². The molecule has 1 aliphatic rings. The second-order valence-corrected chi connectivity index (χ2v) is 7.26. The van der Waals surface area contributed by atoms with Gasteiger partial charge >= 0.3 is 0 Å². The number of nitrogens with one attached hydrogen (secondary N) is 2. The number of carbonyl (C=O) groups excluding carboxylic acids is 1. The lowest BCUT2D eigenvalue weighted by Crippen LogP contribution is -2.36. The number of rotatable bonds is 4. The van der Waals surface area contributed by atoms with Gasteiger partial charge in [-0.05, 0) is 49.2 Å². The predicted octanol–water partition coefficient (Wildman–Crippen LogP) is 2.76. The molecule has 2 aromatic heterocycles. The molecule has 128 valence electrons. The third kappa shape index (κ3) is 2.98. The van der Waals surface area contributed by atoms with Crippen LogP contribution in [0.5, 0.6) is 5.75 Å². The van der Waals surface area contributed by atoms with Crippen LogP contribution < -0.4 is 15.7 Å². The van der Waals surface area contributed by atoms with E-state index >= 15 is 0 Å². The van der Waals surface area contributed by atoms with Gasteiger partial charge in [0.1, 0.15) is 10.6 Å². The number of aryl methyl sites for hydroxylation is 2. The Morgan fingerprint density at radius 1 is 1.32 bits per heavy atom. The van der Waals surface area contributed by atoms with Crippen LogP contribution in [0.25, 0.3) is 10.2 Å². The van der Waals surface area contributed by atoms with Crippen LogP contribution in [-0.2, 0) is 17.6 Å². The molecule has 25 heavy (non-hydrogen) atoms. The smallest absolute Gasteiger partial charge is 0.282 e. The number of hydrogen-bond acceptors (Lipinski definition) is 5. The van der Waals surface area contributed by atoms with Crippen molar-refractivity contribution in [1.29, 1.82) is 0 Å². The van der Waals surface area contributed by atoms with Crippen molar-refractivity contribution in [2.75, 3.05) is 12.0 Å². The van der Waals surface area contributed by atoms with E-state index in [0.717, 1.165) is 34.3 Å². The van der Waals surface area contributed by atoms with Gasteiger partial charge in [0.05, 0.1) is 5.39 Å². The fourth-order valence-electron chi connectivity index (χ4n) is 3.00. The van der Waals surface area contributed by atoms with Crippen LogP contribution >= 0.6 is 23.6 Å². The van der Waals surface area contributed by atoms with Gasteiger partial charge < -0.3 is 9.72 Å². The Morgan fingerprint density at radius 3 is 2.92 bits per heavy atom. The number of hydrogen-bond donors (Lipinski definition) is 2. The molecule has 0 radical (unpaired) electrons. The van der Waals surface area contributed by atoms with E-state index in [0.29, 0.717) is 11.1 Å². The Bertz CT molecular complexity index is 1070. The molecule has 0 saturated heterocycles. The molecular formula is C17H15N3O3S2. The van der Waals surface area contributed by atoms with Crippen LogP contribution in [0.2, 0.25) is 0 Å². The van der Waals surface area contributed by atoms with Crippen molar-refractivity contribution in [3.05, 3.63) is 55.9 Å². The number of carbonyl (C=O) groups is 1. The number of nitrogens with zero attached hydrogens (tertiary/aromatic N) is 1. The Kier molecular flexibility index (Phi) is 4.14. The Hall–Kier alpha value is -2.45. The molecule has 6 nitrogen and oxygen atoms in total. The van der Waals surface area contributed by atoms with Crippen molar-refractivity contribution in [3.63, 3.8) is 0 Å². The van der Waals surface area contributed by atoms with E-state index < -0.39 is 5.91 Å². The SMILES string of the molecule is O=C(COc1ccccc1)Nn1c(=S)[nH]c2sc3c(c2c1=O)CCC3. The van der Waals surface area contributed by atoms with Gasteiger partial charge in [0, 0.05) is 4.88 Å². The first kappa shape index (κ1) is 16.0. The fraction of sp³-hybridized carbons (Fsp3) is 0.235. The van der Waals surface area contributed by atoms with E-state index in [2.05, 4.69) is 10.4 Å². The summed E-state index contributed by atoms with van der Waals surface area (Å²) < 4.78 is 6.67. The average Bonchev–Trinajstić information content (AvgIpc) is 3.18. The maximum absolute atomic E-state index is 12.8. The minimum Gasteiger partial charge on any atom is -0.484 e. The topological polar surface area (TPSA) is 76.1 Å². The summed E-state index contributed by atoms with van der Waals surface area (Å²) in [6.45, 7) is -0.203. The van der Waals surface area contributed by atoms with E-state index in [1.807, 2.05) is 18.2 Å². The highest BCUT2D eigenvalue weighted by molar-refractivity contribution is 7.71. The van der Waals surface area contributed by atoms with E-state index in [1.165, 1.54) is 4.88 Å². The second-order valence-electron chi connectivity index (χ2n) is 5.77. The summed E-state index contributed by atoms with van der Waals surface area (Å²) in [4.78, 5) is 30.0. The van der Waals surface area contributed by atoms with Crippen molar-refractivity contribution >= 4 is 39.7 Å². The van der Waals surface area contributed by atoms with Crippen LogP contribution in [0.3, 0.4) is 0 Å². The van der Waals surface area contributed by atoms with Crippen LogP contribution in [0.4, 0.5) is 0 Å². The number of ether oxygens (including phenoxy) is 1. The molecule has 0 atom stereocenters. The zero-order valence-electron chi connectivity index (χ0n) is 13.2. The third-order valence-electron chi connectivity index (χ3n) is 4.11. The van der Waals surface area contributed by atoms with E-state index in [-0.39, 0.29) is 16.9 Å². The molecule has 0 fully saturated rings. The van der Waals surface area contributed by atoms with E-state index in [9.17, 15) is 9.59 Å². The van der Waals surface area contributed by atoms with Gasteiger partial charge in [0.2, 0.25) is 4.77 Å². The molecule has 4 rings (SSSR count). The van der Waals surface area contributed by atoms with Crippen LogP contribution in [0, 0.1) is 4.77 Å². The lowest BCUT2D eigenvalue weighted by atomic mass is 10.2. The van der Waals surface area contributed by atoms with Crippen molar-refractivity contribution in [1.82, 2.24) is 9.66 Å². The van der Waals surface area contributed by atoms with Crippen LogP contribution in [0.15, 0.2) is 35.1 Å². The Balaban J connectivity index is 1.60. The molecule has 0 unspecified atom stereocenters. The van der Waals surface area contributed by atoms with E-state index in [1.54, 1.807) is 23.5 Å². The molecule has 8 heteroatoms. The number of H-pyrrole nitrogens is 1. The molecule has 1 amide bonds. The van der Waals surface area contributed by atoms with Crippen molar-refractivity contribution in [2.24, 2.45) is 0 Å². The summed E-state index contributed by atoms with van der Waals surface area (Å²) in [6, 6.07) is 9.01. The minimum atomic E-state index is -0.448. The van der Waals surface area contributed by atoms with Gasteiger partial charge in [-0.3, -0.25) is 15.0 Å². The zero-order valence-corrected chi connectivity index (χ0v) is 14.8. The van der Waals surface area contributed by atoms with Gasteiger partial charge in [0.15, 0.2) is 6.61 Å². The number of aromatic amines is 1. The second kappa shape index (κ2) is 6.45. The number of aromatic nitrogens is 2. The van der Waals surface area contributed by atoms with Gasteiger partial charge in [-0.1, -0.05) is 18.2 Å². The van der Waals surface area contributed by atoms with Gasteiger partial charge in [-0.2, -0.15) is 4.68 Å². The number of para-hydroxylation sites is 1. The van der Waals surface area contributed by atoms with Crippen LogP contribution in [-0.4, -0.2) is 22.2 Å². The van der Waals surface area contributed by atoms with Crippen molar-refractivity contribution < 1.29 is 9.53 Å². The minimum absolute atomic E-state index is 0.172. The van der Waals surface area contributed by atoms with Crippen molar-refractivity contribution in [3.8, 4) is 5.75 Å². The summed E-state index contributed by atoms with van der Waals surface area (Å²) in [6.07, 6.45) is 2.94. The Morgan fingerprint density at radius 2 is 2.12 bits per heavy atom. The first-order valence-corrected chi connectivity index (χ1v) is 9.13. The lowest BCUT2D eigenvalue weighted by molar-refractivity contribution is -0.119. The molecular weight excluding hydrogens is 358 g/mol. The number of amides is 1. The summed E-state index contributed by atoms with van der Waals surface area (Å²) in [5, 5.41) is 0.635. The highest BCUT2D eigenvalue weighted by atomic mass is 32.1. The normalized spacial score (nSPS) is 13.0. The first-order valence-electron chi connectivity index (χ1n) is 7.91. The number of benzene rings is 1. The molecule has 0 spiro atoms. The summed E-state index contributed by atoms with van der Waals surface area (Å²) in [5.41, 5.74) is 3.33. The summed E-state index contributed by atoms with van der Waals surface area (Å²) in [7, 11) is 0. The standard InChI is InChI=1S/C17H15N3O3S2/c21-13(9-23-10-5-2-1-3-6-10)19-20-16(22)14-11-7-4-8-12(11)25-15(14)18-17(20)24/h1-3,5-6H,4,7-9H2,(H,18,24)(H,19,21). The summed E-state index contributed by atoms with van der Waals surface area (Å²) in [5.74, 6) is 0.137. The molecule has 3 aromatic rings. The quantitative estimate of drug-likeness (QED) is 0.690. The van der Waals surface area contributed by atoms with Gasteiger partial charge in [-0.15, -0.1) is 11.3 Å². The fourth-order valence-corrected chi connectivity index (χ4v) is 4.58. The lowest BCUT2D eigenvalue weighted by Gasteiger charge is -2.10. The maximum Gasteiger partial charge on any atom is 0.282 e. The Labute approximate surface area is 152 Å². The number of fused-ring (bicyclic) bond motifs is 3. The number of thiophene rings is 1. The molecule has 2 heterocycles. The van der Waals surface area contributed by atoms with E-state index in [4.69, 9.17) is 17.0 Å². The van der Waals surface area contributed by atoms with Crippen molar-refractivity contribution in [2.45, 2.75) is 19.3 Å². The monoisotopic (exact) mass is 373 g/mol. The maximum atomic E-state index is 12.8. The average molecular weight is 373 g/mol. The summed E-state index contributed by atoms with van der Waals surface area (Å²) >= 11 is 6.81. The molecule has 0 saturated carbocycles. The molecule has 0 bridgehead atoms. The highest BCUT2D eigenvalue weighted by Gasteiger charge is 2.22. The highest BCUT2D eigenvalue weighted by Crippen LogP contribution is 2.34. The molecule has 1 aromatic carbocycles. The first-order chi connectivity index (χ1) is 12.1. The van der Waals surface area contributed by atoms with Gasteiger partial charge in [0.25, 0.3) is 11.5 Å².